The number of unbranched alkanes of at least 4 members (excludes halogenated alkanes) is 1. The highest BCUT2D eigenvalue weighted by molar-refractivity contribution is 4.91. The van der Waals surface area contributed by atoms with Crippen molar-refractivity contribution in [3.8, 4) is 6.07 Å². The van der Waals surface area contributed by atoms with E-state index < -0.39 is 0 Å². The third-order valence-corrected chi connectivity index (χ3v) is 3.81. The smallest absolute Gasteiger partial charge is 0.0683 e. The van der Waals surface area contributed by atoms with Crippen LogP contribution in [0.4, 0.5) is 0 Å². The molecular formula is C14H27N3. The van der Waals surface area contributed by atoms with E-state index in [9.17, 15) is 0 Å². The van der Waals surface area contributed by atoms with Gasteiger partial charge in [-0.05, 0) is 60.3 Å². The molecular weight excluding hydrogens is 210 g/mol. The van der Waals surface area contributed by atoms with Gasteiger partial charge in [-0.2, -0.15) is 5.26 Å². The molecule has 1 aliphatic rings. The molecule has 3 heteroatoms. The van der Waals surface area contributed by atoms with Gasteiger partial charge < -0.3 is 9.80 Å². The summed E-state index contributed by atoms with van der Waals surface area (Å²) >= 11 is 0. The number of rotatable bonds is 6. The second-order valence-corrected chi connectivity index (χ2v) is 6.16. The maximum atomic E-state index is 8.93. The molecule has 1 rings (SSSR count). The summed E-state index contributed by atoms with van der Waals surface area (Å²) in [4.78, 5) is 4.89. The van der Waals surface area contributed by atoms with Crippen molar-refractivity contribution in [3.63, 3.8) is 0 Å². The van der Waals surface area contributed by atoms with E-state index in [-0.39, 0.29) is 5.41 Å². The van der Waals surface area contributed by atoms with Crippen LogP contribution < -0.4 is 0 Å². The van der Waals surface area contributed by atoms with Crippen LogP contribution in [0.5, 0.6) is 0 Å². The summed E-state index contributed by atoms with van der Waals surface area (Å²) in [5.41, 5.74) is -0.142. The Hall–Kier alpha value is -0.590. The lowest BCUT2D eigenvalue weighted by Gasteiger charge is -2.21. The lowest BCUT2D eigenvalue weighted by atomic mass is 9.89. The maximum Gasteiger partial charge on any atom is 0.0683 e. The Morgan fingerprint density at radius 1 is 1.35 bits per heavy atom. The number of hydrogen-bond acceptors (Lipinski definition) is 3. The predicted molar refractivity (Wildman–Crippen MR) is 71.8 cm³/mol. The van der Waals surface area contributed by atoms with E-state index in [0.717, 1.165) is 12.5 Å². The second kappa shape index (κ2) is 6.37. The zero-order chi connectivity index (χ0) is 12.9. The van der Waals surface area contributed by atoms with Crippen LogP contribution in [-0.4, -0.2) is 49.6 Å². The molecule has 1 saturated heterocycles. The maximum absolute atomic E-state index is 8.93. The Labute approximate surface area is 106 Å². The van der Waals surface area contributed by atoms with Crippen molar-refractivity contribution in [2.24, 2.45) is 5.41 Å². The van der Waals surface area contributed by atoms with E-state index in [4.69, 9.17) is 5.26 Å². The molecule has 0 aromatic heterocycles. The quantitative estimate of drug-likeness (QED) is 0.664. The molecule has 0 amide bonds. The van der Waals surface area contributed by atoms with Gasteiger partial charge in [-0.3, -0.25) is 0 Å². The third-order valence-electron chi connectivity index (χ3n) is 3.81. The Morgan fingerprint density at radius 2 is 2.06 bits per heavy atom. The second-order valence-electron chi connectivity index (χ2n) is 6.16. The highest BCUT2D eigenvalue weighted by Gasteiger charge is 2.23. The van der Waals surface area contributed by atoms with Crippen molar-refractivity contribution >= 4 is 0 Å². The normalized spacial score (nSPS) is 22.0. The van der Waals surface area contributed by atoms with Crippen molar-refractivity contribution in [1.29, 1.82) is 5.26 Å². The number of nitriles is 1. The van der Waals surface area contributed by atoms with Crippen LogP contribution in [-0.2, 0) is 0 Å². The molecule has 0 aromatic carbocycles. The fourth-order valence-corrected chi connectivity index (χ4v) is 2.40. The summed E-state index contributed by atoms with van der Waals surface area (Å²) < 4.78 is 0. The van der Waals surface area contributed by atoms with Crippen LogP contribution in [0.3, 0.4) is 0 Å². The summed E-state index contributed by atoms with van der Waals surface area (Å²) in [5, 5.41) is 8.93. The number of nitrogens with zero attached hydrogens (tertiary/aromatic N) is 3. The summed E-state index contributed by atoms with van der Waals surface area (Å²) in [7, 11) is 4.34. The lowest BCUT2D eigenvalue weighted by Crippen LogP contribution is -2.31. The SMILES string of the molecule is CN(C)C1CCN(CCCCC(C)(C)C#N)C1. The van der Waals surface area contributed by atoms with Crippen molar-refractivity contribution in [3.05, 3.63) is 0 Å². The topological polar surface area (TPSA) is 30.3 Å². The van der Waals surface area contributed by atoms with Crippen molar-refractivity contribution in [1.82, 2.24) is 9.80 Å². The largest absolute Gasteiger partial charge is 0.305 e. The van der Waals surface area contributed by atoms with E-state index >= 15 is 0 Å². The molecule has 1 unspecified atom stereocenters. The van der Waals surface area contributed by atoms with Gasteiger partial charge in [0, 0.05) is 12.6 Å². The van der Waals surface area contributed by atoms with Gasteiger partial charge in [-0.1, -0.05) is 6.42 Å². The zero-order valence-corrected chi connectivity index (χ0v) is 11.9. The summed E-state index contributed by atoms with van der Waals surface area (Å²) in [6.07, 6.45) is 4.72. The van der Waals surface area contributed by atoms with Gasteiger partial charge in [0.05, 0.1) is 11.5 Å². The van der Waals surface area contributed by atoms with Gasteiger partial charge >= 0.3 is 0 Å². The molecule has 0 aromatic rings. The van der Waals surface area contributed by atoms with Crippen LogP contribution in [0.1, 0.15) is 39.5 Å². The van der Waals surface area contributed by atoms with Crippen LogP contribution in [0, 0.1) is 16.7 Å². The average Bonchev–Trinajstić information content (AvgIpc) is 2.73. The number of likely N-dealkylation sites (tertiary alicyclic amines) is 1. The van der Waals surface area contributed by atoms with Gasteiger partial charge in [0.15, 0.2) is 0 Å². The highest BCUT2D eigenvalue weighted by atomic mass is 15.2. The molecule has 1 aliphatic heterocycles. The Kier molecular flexibility index (Phi) is 5.42. The van der Waals surface area contributed by atoms with E-state index in [1.54, 1.807) is 0 Å². The molecule has 0 saturated carbocycles. The summed E-state index contributed by atoms with van der Waals surface area (Å²) in [5.74, 6) is 0. The minimum Gasteiger partial charge on any atom is -0.305 e. The monoisotopic (exact) mass is 237 g/mol. The van der Waals surface area contributed by atoms with Crippen LogP contribution in [0.25, 0.3) is 0 Å². The Bertz CT molecular complexity index is 265. The molecule has 1 heterocycles. The Balaban J connectivity index is 2.11. The molecule has 0 spiro atoms. The first-order chi connectivity index (χ1) is 7.94. The molecule has 98 valence electrons. The third kappa shape index (κ3) is 5.06. The van der Waals surface area contributed by atoms with Crippen molar-refractivity contribution in [2.75, 3.05) is 33.7 Å². The zero-order valence-electron chi connectivity index (χ0n) is 11.9. The van der Waals surface area contributed by atoms with Gasteiger partial charge in [0.25, 0.3) is 0 Å². The Morgan fingerprint density at radius 3 is 2.59 bits per heavy atom. The lowest BCUT2D eigenvalue weighted by molar-refractivity contribution is 0.263. The minimum absolute atomic E-state index is 0.142. The van der Waals surface area contributed by atoms with E-state index in [1.807, 2.05) is 13.8 Å². The minimum atomic E-state index is -0.142. The molecule has 0 aliphatic carbocycles. The highest BCUT2D eigenvalue weighted by Crippen LogP contribution is 2.22. The molecule has 0 N–H and O–H groups in total. The first-order valence-corrected chi connectivity index (χ1v) is 6.74. The number of hydrogen-bond donors (Lipinski definition) is 0. The summed E-state index contributed by atoms with van der Waals surface area (Å²) in [6, 6.07) is 3.11. The summed E-state index contributed by atoms with van der Waals surface area (Å²) in [6.45, 7) is 7.72. The van der Waals surface area contributed by atoms with Crippen LogP contribution in [0.2, 0.25) is 0 Å². The molecule has 1 fully saturated rings. The van der Waals surface area contributed by atoms with Gasteiger partial charge in [-0.25, -0.2) is 0 Å². The molecule has 0 radical (unpaired) electrons. The number of likely N-dealkylation sites (N-methyl/N-ethyl adjacent to an activating group) is 1. The standard InChI is InChI=1S/C14H27N3/c1-14(2,12-15)8-5-6-9-17-10-7-13(11-17)16(3)4/h13H,5-11H2,1-4H3. The van der Waals surface area contributed by atoms with Crippen molar-refractivity contribution < 1.29 is 0 Å². The van der Waals surface area contributed by atoms with Gasteiger partial charge in [-0.15, -0.1) is 0 Å². The fraction of sp³-hybridized carbons (Fsp3) is 0.929. The molecule has 1 atom stereocenters. The molecule has 3 nitrogen and oxygen atoms in total. The van der Waals surface area contributed by atoms with Crippen LogP contribution >= 0.6 is 0 Å². The van der Waals surface area contributed by atoms with Gasteiger partial charge in [0.2, 0.25) is 0 Å². The van der Waals surface area contributed by atoms with Crippen LogP contribution in [0.15, 0.2) is 0 Å². The van der Waals surface area contributed by atoms with E-state index in [1.165, 1.54) is 38.9 Å². The molecule has 17 heavy (non-hydrogen) atoms. The first-order valence-electron chi connectivity index (χ1n) is 6.74. The van der Waals surface area contributed by atoms with Gasteiger partial charge in [0.1, 0.15) is 0 Å². The van der Waals surface area contributed by atoms with Crippen molar-refractivity contribution in [2.45, 2.75) is 45.6 Å². The average molecular weight is 237 g/mol. The predicted octanol–water partition coefficient (Wildman–Crippen LogP) is 2.34. The van der Waals surface area contributed by atoms with E-state index in [2.05, 4.69) is 30.0 Å². The fourth-order valence-electron chi connectivity index (χ4n) is 2.40. The first kappa shape index (κ1) is 14.5. The molecule has 0 bridgehead atoms. The van der Waals surface area contributed by atoms with E-state index in [0.29, 0.717) is 0 Å².